The molecule has 1 aromatic carbocycles. The Kier molecular flexibility index (Phi) is 5.16. The van der Waals surface area contributed by atoms with Gasteiger partial charge >= 0.3 is 0 Å². The van der Waals surface area contributed by atoms with Gasteiger partial charge in [-0.2, -0.15) is 0 Å². The Bertz CT molecular complexity index is 628. The van der Waals surface area contributed by atoms with Gasteiger partial charge in [-0.25, -0.2) is 10.3 Å². The minimum Gasteiger partial charge on any atom is -0.439 e. The second-order valence-electron chi connectivity index (χ2n) is 6.00. The number of nitrogens with zero attached hydrogens (tertiary/aromatic N) is 3. The molecule has 1 aromatic heterocycles. The van der Waals surface area contributed by atoms with Gasteiger partial charge in [0.25, 0.3) is 0 Å². The second-order valence-corrected chi connectivity index (χ2v) is 6.43. The molecule has 2 aromatic rings. The Balaban J connectivity index is 1.65. The maximum absolute atomic E-state index is 5.87. The molecule has 121 valence electrons. The summed E-state index contributed by atoms with van der Waals surface area (Å²) in [6, 6.07) is 11.9. The highest BCUT2D eigenvalue weighted by molar-refractivity contribution is 6.30. The second kappa shape index (κ2) is 7.30. The maximum Gasteiger partial charge on any atom is 0.219 e. The molecule has 23 heavy (non-hydrogen) atoms. The van der Waals surface area contributed by atoms with Crippen LogP contribution >= 0.6 is 11.6 Å². The number of pyridine rings is 1. The van der Waals surface area contributed by atoms with E-state index in [4.69, 9.17) is 21.7 Å². The predicted octanol–water partition coefficient (Wildman–Crippen LogP) is 3.90. The molecule has 0 N–H and O–H groups in total. The first-order valence-electron chi connectivity index (χ1n) is 7.92. The number of hydrogen-bond acceptors (Lipinski definition) is 3. The average molecular weight is 331 g/mol. The summed E-state index contributed by atoms with van der Waals surface area (Å²) in [5.41, 5.74) is 1.14. The lowest BCUT2D eigenvalue weighted by Gasteiger charge is -2.35. The van der Waals surface area contributed by atoms with Crippen LogP contribution in [0.5, 0.6) is 11.6 Å². The fraction of sp³-hybridized carbons (Fsp3) is 0.389. The van der Waals surface area contributed by atoms with Crippen LogP contribution in [0, 0.1) is 0 Å². The molecule has 1 saturated heterocycles. The first-order valence-corrected chi connectivity index (χ1v) is 8.29. The quantitative estimate of drug-likeness (QED) is 0.853. The number of benzene rings is 1. The van der Waals surface area contributed by atoms with E-state index in [-0.39, 0.29) is 6.04 Å². The summed E-state index contributed by atoms with van der Waals surface area (Å²) in [4.78, 5) is 6.86. The lowest BCUT2D eigenvalue weighted by atomic mass is 10.1. The van der Waals surface area contributed by atoms with Crippen LogP contribution in [-0.4, -0.2) is 35.6 Å². The van der Waals surface area contributed by atoms with Crippen molar-refractivity contribution in [1.29, 1.82) is 0 Å². The van der Waals surface area contributed by atoms with E-state index in [1.807, 2.05) is 24.4 Å². The zero-order valence-corrected chi connectivity index (χ0v) is 14.2. The van der Waals surface area contributed by atoms with E-state index in [0.29, 0.717) is 16.9 Å². The van der Waals surface area contributed by atoms with Crippen LogP contribution in [0.3, 0.4) is 0 Å². The number of ether oxygens (including phenoxy) is 1. The summed E-state index contributed by atoms with van der Waals surface area (Å²) < 4.78 is 5.72. The zero-order valence-electron chi connectivity index (χ0n) is 13.4. The van der Waals surface area contributed by atoms with Crippen LogP contribution in [0.15, 0.2) is 42.6 Å². The lowest BCUT2D eigenvalue weighted by Crippen LogP contribution is -2.45. The molecule has 1 radical (unpaired) electrons. The highest BCUT2D eigenvalue weighted by Gasteiger charge is 2.23. The predicted molar refractivity (Wildman–Crippen MR) is 92.2 cm³/mol. The molecule has 0 spiro atoms. The van der Waals surface area contributed by atoms with Crippen LogP contribution < -0.4 is 10.1 Å². The third kappa shape index (κ3) is 4.22. The monoisotopic (exact) mass is 330 g/mol. The van der Waals surface area contributed by atoms with Gasteiger partial charge in [0.1, 0.15) is 5.75 Å². The van der Waals surface area contributed by atoms with E-state index in [1.54, 1.807) is 12.1 Å². The minimum atomic E-state index is 0.197. The van der Waals surface area contributed by atoms with E-state index < -0.39 is 0 Å². The summed E-state index contributed by atoms with van der Waals surface area (Å²) in [5.74, 6) is 1.30. The summed E-state index contributed by atoms with van der Waals surface area (Å²) in [6.07, 6.45) is 1.86. The average Bonchev–Trinajstić information content (AvgIpc) is 2.58. The smallest absolute Gasteiger partial charge is 0.219 e. The number of hydrogen-bond donors (Lipinski definition) is 0. The molecule has 5 heteroatoms. The molecular weight excluding hydrogens is 310 g/mol. The highest BCUT2D eigenvalue weighted by atomic mass is 35.5. The van der Waals surface area contributed by atoms with E-state index in [0.717, 1.165) is 30.9 Å². The van der Waals surface area contributed by atoms with Crippen molar-refractivity contribution in [1.82, 2.24) is 15.2 Å². The number of rotatable bonds is 4. The van der Waals surface area contributed by atoms with Gasteiger partial charge in [0.2, 0.25) is 5.88 Å². The summed E-state index contributed by atoms with van der Waals surface area (Å²) in [7, 11) is 0. The molecule has 0 aliphatic carbocycles. The van der Waals surface area contributed by atoms with E-state index in [1.165, 1.54) is 0 Å². The van der Waals surface area contributed by atoms with Crippen LogP contribution in [0.2, 0.25) is 5.02 Å². The highest BCUT2D eigenvalue weighted by Crippen LogP contribution is 2.24. The van der Waals surface area contributed by atoms with Gasteiger partial charge < -0.3 is 4.74 Å². The summed E-state index contributed by atoms with van der Waals surface area (Å²) >= 11 is 5.87. The molecule has 1 unspecified atom stereocenters. The number of aromatic nitrogens is 1. The first-order chi connectivity index (χ1) is 11.1. The van der Waals surface area contributed by atoms with Crippen LogP contribution in [0.4, 0.5) is 0 Å². The molecule has 4 nitrogen and oxygen atoms in total. The van der Waals surface area contributed by atoms with Crippen LogP contribution in [0.1, 0.15) is 25.5 Å². The number of halogens is 1. The van der Waals surface area contributed by atoms with Crippen molar-refractivity contribution < 1.29 is 4.74 Å². The third-order valence-electron chi connectivity index (χ3n) is 4.05. The first kappa shape index (κ1) is 16.2. The van der Waals surface area contributed by atoms with Gasteiger partial charge in [-0.15, -0.1) is 0 Å². The largest absolute Gasteiger partial charge is 0.439 e. The Morgan fingerprint density at radius 1 is 1.17 bits per heavy atom. The van der Waals surface area contributed by atoms with Gasteiger partial charge in [0.05, 0.1) is 6.04 Å². The van der Waals surface area contributed by atoms with E-state index in [2.05, 4.69) is 29.8 Å². The Labute approximate surface area is 142 Å². The Hall–Kier alpha value is -1.62. The topological polar surface area (TPSA) is 39.5 Å². The van der Waals surface area contributed by atoms with Gasteiger partial charge in [0.15, 0.2) is 0 Å². The van der Waals surface area contributed by atoms with Crippen molar-refractivity contribution in [2.45, 2.75) is 25.9 Å². The molecule has 0 saturated carbocycles. The van der Waals surface area contributed by atoms with Gasteiger partial charge in [-0.3, -0.25) is 4.90 Å². The molecule has 3 rings (SSSR count). The van der Waals surface area contributed by atoms with E-state index in [9.17, 15) is 0 Å². The van der Waals surface area contributed by atoms with Gasteiger partial charge in [0, 0.05) is 43.0 Å². The molecule has 1 atom stereocenters. The summed E-state index contributed by atoms with van der Waals surface area (Å²) in [5, 5.41) is 5.41. The molecular formula is C18H21ClN3O. The van der Waals surface area contributed by atoms with Crippen molar-refractivity contribution in [3.8, 4) is 11.6 Å². The van der Waals surface area contributed by atoms with Crippen molar-refractivity contribution in [2.24, 2.45) is 0 Å². The molecule has 0 amide bonds. The fourth-order valence-corrected chi connectivity index (χ4v) is 2.79. The van der Waals surface area contributed by atoms with Crippen molar-refractivity contribution in [3.63, 3.8) is 0 Å². The van der Waals surface area contributed by atoms with Crippen LogP contribution in [0.25, 0.3) is 0 Å². The van der Waals surface area contributed by atoms with Gasteiger partial charge in [-0.1, -0.05) is 17.7 Å². The summed E-state index contributed by atoms with van der Waals surface area (Å²) in [6.45, 7) is 7.33. The Morgan fingerprint density at radius 3 is 2.61 bits per heavy atom. The Morgan fingerprint density at radius 2 is 1.96 bits per heavy atom. The van der Waals surface area contributed by atoms with Crippen molar-refractivity contribution >= 4 is 11.6 Å². The molecule has 1 aliphatic rings. The molecule has 0 bridgehead atoms. The van der Waals surface area contributed by atoms with Gasteiger partial charge in [-0.05, 0) is 43.7 Å². The van der Waals surface area contributed by atoms with Crippen LogP contribution in [-0.2, 0) is 0 Å². The van der Waals surface area contributed by atoms with Crippen molar-refractivity contribution in [3.05, 3.63) is 53.2 Å². The maximum atomic E-state index is 5.87. The SMILES string of the molecule is CC(C)N1CC[N]C(c2ccc(Oc3ccc(Cl)cc3)nc2)C1. The molecule has 1 fully saturated rings. The molecule has 2 heterocycles. The van der Waals surface area contributed by atoms with E-state index >= 15 is 0 Å². The normalized spacial score (nSPS) is 19.0. The number of piperazine rings is 1. The third-order valence-corrected chi connectivity index (χ3v) is 4.31. The molecule has 1 aliphatic heterocycles. The minimum absolute atomic E-state index is 0.197. The van der Waals surface area contributed by atoms with Crippen molar-refractivity contribution in [2.75, 3.05) is 19.6 Å². The zero-order chi connectivity index (χ0) is 16.2. The lowest BCUT2D eigenvalue weighted by molar-refractivity contribution is 0.159. The standard InChI is InChI=1S/C18H21ClN3O/c1-13(2)22-10-9-20-17(12-22)14-3-8-18(21-11-14)23-16-6-4-15(19)5-7-16/h3-8,11,13,17H,9-10,12H2,1-2H3. The fourth-order valence-electron chi connectivity index (χ4n) is 2.67.